The molecule has 0 bridgehead atoms. The Bertz CT molecular complexity index is 403. The molecule has 1 saturated heterocycles. The Labute approximate surface area is 108 Å². The molecule has 0 spiro atoms. The molecule has 0 aromatic carbocycles. The van der Waals surface area contributed by atoms with Crippen LogP contribution in [-0.4, -0.2) is 28.9 Å². The molecular formula is C14H20N2O2. The Hall–Kier alpha value is -1.58. The Kier molecular flexibility index (Phi) is 4.18. The smallest absolute Gasteiger partial charge is 0.219 e. The molecule has 98 valence electrons. The molecular weight excluding hydrogens is 228 g/mol. The number of hydrogen-bond acceptors (Lipinski definition) is 3. The molecule has 1 fully saturated rings. The van der Waals surface area contributed by atoms with E-state index in [2.05, 4.69) is 4.98 Å². The van der Waals surface area contributed by atoms with Crippen molar-refractivity contribution in [2.75, 3.05) is 13.2 Å². The van der Waals surface area contributed by atoms with Crippen LogP contribution < -0.4 is 4.74 Å². The van der Waals surface area contributed by atoms with E-state index in [9.17, 15) is 4.79 Å². The van der Waals surface area contributed by atoms with Gasteiger partial charge >= 0.3 is 0 Å². The first-order chi connectivity index (χ1) is 8.72. The quantitative estimate of drug-likeness (QED) is 0.825. The van der Waals surface area contributed by atoms with E-state index in [1.54, 1.807) is 6.92 Å². The van der Waals surface area contributed by atoms with E-state index >= 15 is 0 Å². The lowest BCUT2D eigenvalue weighted by Crippen LogP contribution is -2.36. The topological polar surface area (TPSA) is 42.4 Å². The molecule has 0 unspecified atom stereocenters. The average Bonchev–Trinajstić information content (AvgIpc) is 2.40. The first-order valence-electron chi connectivity index (χ1n) is 6.58. The van der Waals surface area contributed by atoms with Gasteiger partial charge in [-0.3, -0.25) is 4.79 Å². The highest BCUT2D eigenvalue weighted by atomic mass is 16.5. The van der Waals surface area contributed by atoms with Crippen molar-refractivity contribution in [3.63, 3.8) is 0 Å². The third-order valence-corrected chi connectivity index (χ3v) is 3.34. The van der Waals surface area contributed by atoms with Gasteiger partial charge in [0.1, 0.15) is 0 Å². The maximum atomic E-state index is 11.6. The number of carbonyl (C=O) groups is 1. The molecule has 4 nitrogen and oxygen atoms in total. The summed E-state index contributed by atoms with van der Waals surface area (Å²) in [6.45, 7) is 5.05. The minimum absolute atomic E-state index is 0.147. The predicted molar refractivity (Wildman–Crippen MR) is 69.4 cm³/mol. The number of amides is 1. The zero-order valence-electron chi connectivity index (χ0n) is 11.1. The van der Waals surface area contributed by atoms with Crippen molar-refractivity contribution in [2.45, 2.75) is 39.2 Å². The summed E-state index contributed by atoms with van der Waals surface area (Å²) in [7, 11) is 0. The molecule has 0 aliphatic carbocycles. The molecule has 1 aliphatic heterocycles. The molecule has 18 heavy (non-hydrogen) atoms. The second kappa shape index (κ2) is 5.85. The summed E-state index contributed by atoms with van der Waals surface area (Å²) in [6.07, 6.45) is 5.12. The summed E-state index contributed by atoms with van der Waals surface area (Å²) in [6, 6.07) is 4.08. The maximum absolute atomic E-state index is 11.6. The van der Waals surface area contributed by atoms with Crippen LogP contribution in [0.3, 0.4) is 0 Å². The number of aromatic nitrogens is 1. The number of ether oxygens (including phenoxy) is 1. The highest BCUT2D eigenvalue weighted by molar-refractivity contribution is 5.73. The average molecular weight is 248 g/mol. The van der Waals surface area contributed by atoms with Gasteiger partial charge in [0.25, 0.3) is 0 Å². The van der Waals surface area contributed by atoms with E-state index in [-0.39, 0.29) is 11.9 Å². The maximum Gasteiger partial charge on any atom is 0.219 e. The molecule has 2 rings (SSSR count). The fourth-order valence-corrected chi connectivity index (χ4v) is 2.48. The summed E-state index contributed by atoms with van der Waals surface area (Å²) >= 11 is 0. The van der Waals surface area contributed by atoms with Crippen LogP contribution in [0.25, 0.3) is 0 Å². The molecule has 1 aromatic rings. The predicted octanol–water partition coefficient (Wildman–Crippen LogP) is 2.55. The third-order valence-electron chi connectivity index (χ3n) is 3.34. The van der Waals surface area contributed by atoms with E-state index in [0.717, 1.165) is 24.9 Å². The fraction of sp³-hybridized carbons (Fsp3) is 0.571. The fourth-order valence-electron chi connectivity index (χ4n) is 2.48. The van der Waals surface area contributed by atoms with Crippen LogP contribution in [0.5, 0.6) is 5.88 Å². The van der Waals surface area contributed by atoms with Gasteiger partial charge < -0.3 is 9.64 Å². The van der Waals surface area contributed by atoms with E-state index < -0.39 is 0 Å². The molecule has 1 atom stereocenters. The molecule has 0 saturated carbocycles. The minimum atomic E-state index is 0.147. The zero-order valence-corrected chi connectivity index (χ0v) is 11.1. The van der Waals surface area contributed by atoms with Crippen LogP contribution in [0.2, 0.25) is 0 Å². The normalized spacial score (nSPS) is 19.7. The van der Waals surface area contributed by atoms with E-state index in [4.69, 9.17) is 4.74 Å². The van der Waals surface area contributed by atoms with Gasteiger partial charge in [-0.2, -0.15) is 0 Å². The lowest BCUT2D eigenvalue weighted by Gasteiger charge is -2.35. The van der Waals surface area contributed by atoms with Crippen molar-refractivity contribution in [1.29, 1.82) is 0 Å². The first-order valence-corrected chi connectivity index (χ1v) is 6.58. The number of nitrogens with zero attached hydrogens (tertiary/aromatic N) is 2. The third kappa shape index (κ3) is 2.81. The SMILES string of the molecule is CCOc1ccc([C@H]2CCCCN2C(C)=O)cn1. The van der Waals surface area contributed by atoms with Crippen LogP contribution in [0, 0.1) is 0 Å². The zero-order chi connectivity index (χ0) is 13.0. The molecule has 4 heteroatoms. The number of rotatable bonds is 3. The second-order valence-corrected chi connectivity index (χ2v) is 4.59. The van der Waals surface area contributed by atoms with Crippen molar-refractivity contribution in [2.24, 2.45) is 0 Å². The number of hydrogen-bond donors (Lipinski definition) is 0. The summed E-state index contributed by atoms with van der Waals surface area (Å²) in [5, 5.41) is 0. The van der Waals surface area contributed by atoms with Gasteiger partial charge in [0.15, 0.2) is 0 Å². The van der Waals surface area contributed by atoms with Gasteiger partial charge in [-0.15, -0.1) is 0 Å². The van der Waals surface area contributed by atoms with Gasteiger partial charge in [0.05, 0.1) is 12.6 Å². The number of pyridine rings is 1. The summed E-state index contributed by atoms with van der Waals surface area (Å²) < 4.78 is 5.33. The van der Waals surface area contributed by atoms with Crippen molar-refractivity contribution in [3.8, 4) is 5.88 Å². The van der Waals surface area contributed by atoms with Gasteiger partial charge in [0.2, 0.25) is 11.8 Å². The highest BCUT2D eigenvalue weighted by Gasteiger charge is 2.25. The van der Waals surface area contributed by atoms with Crippen LogP contribution in [-0.2, 0) is 4.79 Å². The lowest BCUT2D eigenvalue weighted by molar-refractivity contribution is -0.132. The molecule has 1 aromatic heterocycles. The second-order valence-electron chi connectivity index (χ2n) is 4.59. The number of piperidine rings is 1. The van der Waals surface area contributed by atoms with Gasteiger partial charge in [-0.05, 0) is 31.7 Å². The Balaban J connectivity index is 2.15. The van der Waals surface area contributed by atoms with E-state index in [0.29, 0.717) is 12.5 Å². The van der Waals surface area contributed by atoms with Crippen molar-refractivity contribution < 1.29 is 9.53 Å². The minimum Gasteiger partial charge on any atom is -0.478 e. The molecule has 0 N–H and O–H groups in total. The summed E-state index contributed by atoms with van der Waals surface area (Å²) in [5.74, 6) is 0.792. The molecule has 1 amide bonds. The lowest BCUT2D eigenvalue weighted by atomic mass is 9.96. The van der Waals surface area contributed by atoms with Gasteiger partial charge in [-0.25, -0.2) is 4.98 Å². The van der Waals surface area contributed by atoms with E-state index in [1.807, 2.05) is 30.2 Å². The largest absolute Gasteiger partial charge is 0.478 e. The highest BCUT2D eigenvalue weighted by Crippen LogP contribution is 2.30. The van der Waals surface area contributed by atoms with Gasteiger partial charge in [-0.1, -0.05) is 6.07 Å². The van der Waals surface area contributed by atoms with E-state index in [1.165, 1.54) is 6.42 Å². The number of likely N-dealkylation sites (tertiary alicyclic amines) is 1. The Morgan fingerprint density at radius 1 is 1.50 bits per heavy atom. The Morgan fingerprint density at radius 3 is 2.94 bits per heavy atom. The summed E-state index contributed by atoms with van der Waals surface area (Å²) in [4.78, 5) is 17.9. The monoisotopic (exact) mass is 248 g/mol. The van der Waals surface area contributed by atoms with Crippen LogP contribution >= 0.6 is 0 Å². The number of carbonyl (C=O) groups excluding carboxylic acids is 1. The van der Waals surface area contributed by atoms with Gasteiger partial charge in [0, 0.05) is 25.7 Å². The van der Waals surface area contributed by atoms with Crippen LogP contribution in [0.4, 0.5) is 0 Å². The summed E-state index contributed by atoms with van der Waals surface area (Å²) in [5.41, 5.74) is 1.10. The van der Waals surface area contributed by atoms with Crippen LogP contribution in [0.15, 0.2) is 18.3 Å². The molecule has 1 aliphatic rings. The van der Waals surface area contributed by atoms with Crippen molar-refractivity contribution in [1.82, 2.24) is 9.88 Å². The molecule has 0 radical (unpaired) electrons. The van der Waals surface area contributed by atoms with Crippen molar-refractivity contribution in [3.05, 3.63) is 23.9 Å². The van der Waals surface area contributed by atoms with Crippen LogP contribution in [0.1, 0.15) is 44.7 Å². The standard InChI is InChI=1S/C14H20N2O2/c1-3-18-14-8-7-12(10-15-14)13-6-4-5-9-16(13)11(2)17/h7-8,10,13H,3-6,9H2,1-2H3/t13-/m1/s1. The molecule has 2 heterocycles. The Morgan fingerprint density at radius 2 is 2.33 bits per heavy atom. The first kappa shape index (κ1) is 12.9. The van der Waals surface area contributed by atoms with Crippen molar-refractivity contribution >= 4 is 5.91 Å².